The number of methoxy groups -OCH3 is 1. The summed E-state index contributed by atoms with van der Waals surface area (Å²) in [5.74, 6) is 0.0299. The molecular weight excluding hydrogens is 456 g/mol. The summed E-state index contributed by atoms with van der Waals surface area (Å²) in [5, 5.41) is 19.1. The monoisotopic (exact) mass is 486 g/mol. The van der Waals surface area contributed by atoms with Crippen LogP contribution in [0, 0.1) is 0 Å². The van der Waals surface area contributed by atoms with Gasteiger partial charge in [-0.05, 0) is 92.5 Å². The molecule has 2 amide bonds. The molecule has 0 unspecified atom stereocenters. The molecule has 2 aliphatic rings. The fraction of sp³-hybridized carbons (Fsp3) is 0.286. The molecule has 5 rings (SSSR count). The Morgan fingerprint density at radius 3 is 2.56 bits per heavy atom. The minimum Gasteiger partial charge on any atom is -0.504 e. The van der Waals surface area contributed by atoms with Gasteiger partial charge in [-0.1, -0.05) is 12.1 Å². The van der Waals surface area contributed by atoms with E-state index in [2.05, 4.69) is 20.9 Å². The highest BCUT2D eigenvalue weighted by molar-refractivity contribution is 6.13. The summed E-state index contributed by atoms with van der Waals surface area (Å²) in [6, 6.07) is 15.9. The molecule has 1 saturated heterocycles. The van der Waals surface area contributed by atoms with Crippen molar-refractivity contribution in [2.24, 2.45) is 0 Å². The van der Waals surface area contributed by atoms with Gasteiger partial charge in [-0.3, -0.25) is 9.59 Å². The second-order valence-corrected chi connectivity index (χ2v) is 9.14. The van der Waals surface area contributed by atoms with Crippen molar-refractivity contribution >= 4 is 28.9 Å². The van der Waals surface area contributed by atoms with E-state index in [0.29, 0.717) is 40.5 Å². The average Bonchev–Trinajstić information content (AvgIpc) is 3.36. The van der Waals surface area contributed by atoms with Crippen molar-refractivity contribution in [3.05, 3.63) is 65.7 Å². The average molecular weight is 487 g/mol. The minimum absolute atomic E-state index is 0.0638. The zero-order valence-corrected chi connectivity index (χ0v) is 20.3. The number of amides is 2. The van der Waals surface area contributed by atoms with Gasteiger partial charge in [0.25, 0.3) is 11.8 Å². The maximum Gasteiger partial charge on any atom is 0.257 e. The number of phenols is 1. The van der Waals surface area contributed by atoms with Crippen molar-refractivity contribution in [2.75, 3.05) is 43.9 Å². The smallest absolute Gasteiger partial charge is 0.257 e. The number of hydrogen-bond acceptors (Lipinski definition) is 6. The Kier molecular flexibility index (Phi) is 6.77. The number of hydrogen-bond donors (Lipinski definition) is 4. The van der Waals surface area contributed by atoms with E-state index in [1.807, 2.05) is 12.1 Å². The zero-order valence-electron chi connectivity index (χ0n) is 20.3. The zero-order chi connectivity index (χ0) is 25.1. The van der Waals surface area contributed by atoms with Gasteiger partial charge in [-0.2, -0.15) is 0 Å². The number of fused-ring (bicyclic) bond motifs is 2. The van der Waals surface area contributed by atoms with Gasteiger partial charge in [0.05, 0.1) is 29.7 Å². The van der Waals surface area contributed by atoms with E-state index in [-0.39, 0.29) is 17.6 Å². The molecule has 186 valence electrons. The van der Waals surface area contributed by atoms with Gasteiger partial charge in [0.2, 0.25) is 0 Å². The lowest BCUT2D eigenvalue weighted by Gasteiger charge is -2.14. The summed E-state index contributed by atoms with van der Waals surface area (Å²) in [6.45, 7) is 3.92. The summed E-state index contributed by atoms with van der Waals surface area (Å²) in [6.07, 6.45) is 3.44. The Balaban J connectivity index is 1.31. The Labute approximate surface area is 210 Å². The normalized spacial score (nSPS) is 14.8. The quantitative estimate of drug-likeness (QED) is 0.364. The van der Waals surface area contributed by atoms with E-state index < -0.39 is 0 Å². The van der Waals surface area contributed by atoms with Crippen LogP contribution in [0.5, 0.6) is 11.5 Å². The highest BCUT2D eigenvalue weighted by Crippen LogP contribution is 2.37. The van der Waals surface area contributed by atoms with Crippen molar-refractivity contribution in [2.45, 2.75) is 19.3 Å². The molecule has 0 radical (unpaired) electrons. The van der Waals surface area contributed by atoms with Crippen LogP contribution in [-0.2, 0) is 0 Å². The maximum absolute atomic E-state index is 13.0. The molecule has 0 aliphatic carbocycles. The summed E-state index contributed by atoms with van der Waals surface area (Å²) in [7, 11) is 1.50. The lowest BCUT2D eigenvalue weighted by molar-refractivity contribution is 0.0950. The molecule has 3 aromatic rings. The molecule has 4 N–H and O–H groups in total. The molecule has 0 aromatic heterocycles. The first-order valence-corrected chi connectivity index (χ1v) is 12.3. The SMILES string of the molecule is COc1cc(-c2ccc3c(c2)Nc2ccc(C(=O)NCCCN4CCCC4)cc2NC3=O)ccc1O. The predicted molar refractivity (Wildman–Crippen MR) is 140 cm³/mol. The Hall–Kier alpha value is -4.04. The first-order valence-electron chi connectivity index (χ1n) is 12.3. The fourth-order valence-electron chi connectivity index (χ4n) is 4.73. The standard InChI is InChI=1S/C28H30N4O4/c1-36-26-17-19(7-10-25(26)33)18-5-8-21-23(15-18)30-22-9-6-20(16-24(22)31-28(21)35)27(34)29-11-4-14-32-12-2-3-13-32/h5-10,15-17,30,33H,2-4,11-14H2,1H3,(H,29,34)(H,31,35). The molecule has 2 aliphatic heterocycles. The Bertz CT molecular complexity index is 1300. The van der Waals surface area contributed by atoms with E-state index in [1.165, 1.54) is 20.0 Å². The topological polar surface area (TPSA) is 103 Å². The van der Waals surface area contributed by atoms with Crippen LogP contribution < -0.4 is 20.7 Å². The van der Waals surface area contributed by atoms with Gasteiger partial charge < -0.3 is 30.7 Å². The molecule has 1 fully saturated rings. The number of anilines is 3. The number of ether oxygens (including phenoxy) is 1. The van der Waals surface area contributed by atoms with Crippen LogP contribution in [-0.4, -0.2) is 55.1 Å². The third-order valence-electron chi connectivity index (χ3n) is 6.71. The molecule has 0 spiro atoms. The largest absolute Gasteiger partial charge is 0.504 e. The molecule has 3 aromatic carbocycles. The molecule has 0 saturated carbocycles. The first-order chi connectivity index (χ1) is 17.5. The van der Waals surface area contributed by atoms with Crippen molar-refractivity contribution in [1.29, 1.82) is 0 Å². The molecular formula is C28H30N4O4. The molecule has 8 nitrogen and oxygen atoms in total. The number of benzene rings is 3. The fourth-order valence-corrected chi connectivity index (χ4v) is 4.73. The minimum atomic E-state index is -0.255. The number of nitrogens with one attached hydrogen (secondary N) is 3. The lowest BCUT2D eigenvalue weighted by Crippen LogP contribution is -2.28. The number of carbonyl (C=O) groups is 2. The van der Waals surface area contributed by atoms with Crippen LogP contribution in [0.15, 0.2) is 54.6 Å². The van der Waals surface area contributed by atoms with Crippen molar-refractivity contribution in [3.63, 3.8) is 0 Å². The molecule has 36 heavy (non-hydrogen) atoms. The van der Waals surface area contributed by atoms with E-state index in [9.17, 15) is 14.7 Å². The van der Waals surface area contributed by atoms with Gasteiger partial charge in [0.1, 0.15) is 0 Å². The first kappa shape index (κ1) is 23.7. The van der Waals surface area contributed by atoms with E-state index in [4.69, 9.17) is 4.74 Å². The van der Waals surface area contributed by atoms with Crippen molar-refractivity contribution in [3.8, 4) is 22.6 Å². The summed E-state index contributed by atoms with van der Waals surface area (Å²) in [4.78, 5) is 28.1. The van der Waals surface area contributed by atoms with Gasteiger partial charge in [0, 0.05) is 12.1 Å². The second-order valence-electron chi connectivity index (χ2n) is 9.14. The summed E-state index contributed by atoms with van der Waals surface area (Å²) < 4.78 is 5.22. The van der Waals surface area contributed by atoms with Crippen molar-refractivity contribution < 1.29 is 19.4 Å². The van der Waals surface area contributed by atoms with Crippen molar-refractivity contribution in [1.82, 2.24) is 10.2 Å². The summed E-state index contributed by atoms with van der Waals surface area (Å²) >= 11 is 0. The number of rotatable bonds is 7. The maximum atomic E-state index is 13.0. The van der Waals surface area contributed by atoms with Gasteiger partial charge in [-0.15, -0.1) is 0 Å². The predicted octanol–water partition coefficient (Wildman–Crippen LogP) is 4.59. The van der Waals surface area contributed by atoms with E-state index in [1.54, 1.807) is 42.5 Å². The Morgan fingerprint density at radius 1 is 0.972 bits per heavy atom. The molecule has 0 atom stereocenters. The number of phenolic OH excluding ortho intramolecular Hbond substituents is 1. The van der Waals surface area contributed by atoms with Gasteiger partial charge in [-0.25, -0.2) is 0 Å². The van der Waals surface area contributed by atoms with Crippen LogP contribution in [0.25, 0.3) is 11.1 Å². The third kappa shape index (κ3) is 4.99. The molecule has 0 bridgehead atoms. The lowest BCUT2D eigenvalue weighted by atomic mass is 10.0. The van der Waals surface area contributed by atoms with Crippen LogP contribution in [0.4, 0.5) is 17.1 Å². The van der Waals surface area contributed by atoms with Crippen LogP contribution in [0.1, 0.15) is 40.0 Å². The number of nitrogens with zero attached hydrogens (tertiary/aromatic N) is 1. The third-order valence-corrected chi connectivity index (χ3v) is 6.71. The molecule has 2 heterocycles. The highest BCUT2D eigenvalue weighted by Gasteiger charge is 2.21. The van der Waals surface area contributed by atoms with Crippen LogP contribution in [0.2, 0.25) is 0 Å². The molecule has 8 heteroatoms. The Morgan fingerprint density at radius 2 is 1.75 bits per heavy atom. The van der Waals surface area contributed by atoms with E-state index in [0.717, 1.165) is 37.2 Å². The summed E-state index contributed by atoms with van der Waals surface area (Å²) in [5.41, 5.74) is 4.60. The number of likely N-dealkylation sites (tertiary alicyclic amines) is 1. The van der Waals surface area contributed by atoms with Gasteiger partial charge >= 0.3 is 0 Å². The number of carbonyl (C=O) groups excluding carboxylic acids is 2. The van der Waals surface area contributed by atoms with Crippen LogP contribution >= 0.6 is 0 Å². The van der Waals surface area contributed by atoms with E-state index >= 15 is 0 Å². The number of aromatic hydroxyl groups is 1. The van der Waals surface area contributed by atoms with Crippen LogP contribution in [0.3, 0.4) is 0 Å². The second kappa shape index (κ2) is 10.3. The van der Waals surface area contributed by atoms with Gasteiger partial charge in [0.15, 0.2) is 11.5 Å². The highest BCUT2D eigenvalue weighted by atomic mass is 16.5.